The summed E-state index contributed by atoms with van der Waals surface area (Å²) in [6.45, 7) is 5.73. The van der Waals surface area contributed by atoms with Crippen molar-refractivity contribution in [2.45, 2.75) is 44.2 Å². The molecule has 1 amide bonds. The molecule has 212 valence electrons. The topological polar surface area (TPSA) is 114 Å². The summed E-state index contributed by atoms with van der Waals surface area (Å²) in [4.78, 5) is 27.3. The number of carboxylic acids is 1. The van der Waals surface area contributed by atoms with Gasteiger partial charge in [0.1, 0.15) is 12.0 Å². The van der Waals surface area contributed by atoms with E-state index in [0.717, 1.165) is 68.3 Å². The number of amides is 1. The number of carbonyl (C=O) groups excluding carboxylic acids is 1. The molecule has 4 N–H and O–H groups in total. The highest BCUT2D eigenvalue weighted by molar-refractivity contribution is 6.43. The van der Waals surface area contributed by atoms with Crippen LogP contribution in [-0.4, -0.2) is 79.1 Å². The van der Waals surface area contributed by atoms with E-state index in [1.807, 2.05) is 36.4 Å². The number of rotatable bonds is 12. The third-order valence-electron chi connectivity index (χ3n) is 7.19. The van der Waals surface area contributed by atoms with Crippen LogP contribution in [0.3, 0.4) is 0 Å². The summed E-state index contributed by atoms with van der Waals surface area (Å²) >= 11 is 12.5. The minimum Gasteiger partial charge on any atom is -0.494 e. The number of carbonyl (C=O) groups is 2. The van der Waals surface area contributed by atoms with Crippen molar-refractivity contribution in [3.8, 4) is 5.75 Å². The van der Waals surface area contributed by atoms with Gasteiger partial charge in [0.25, 0.3) is 0 Å². The summed E-state index contributed by atoms with van der Waals surface area (Å²) in [6, 6.07) is 11.5. The summed E-state index contributed by atoms with van der Waals surface area (Å²) in [7, 11) is 0. The second-order valence-electron chi connectivity index (χ2n) is 10.00. The molecule has 2 heterocycles. The van der Waals surface area contributed by atoms with Gasteiger partial charge in [0.05, 0.1) is 28.8 Å². The lowest BCUT2D eigenvalue weighted by molar-refractivity contribution is -0.138. The van der Waals surface area contributed by atoms with Gasteiger partial charge in [-0.05, 0) is 43.1 Å². The lowest BCUT2D eigenvalue weighted by Gasteiger charge is -2.36. The number of aliphatic carboxylic acids is 1. The first-order valence-electron chi connectivity index (χ1n) is 13.4. The van der Waals surface area contributed by atoms with Crippen LogP contribution in [-0.2, 0) is 9.59 Å². The fraction of sp³-hybridized carbons (Fsp3) is 0.500. The highest BCUT2D eigenvalue weighted by atomic mass is 35.5. The van der Waals surface area contributed by atoms with Crippen molar-refractivity contribution in [1.82, 2.24) is 10.2 Å². The Morgan fingerprint density at radius 2 is 1.87 bits per heavy atom. The number of aliphatic hydroxyl groups excluding tert-OH is 1. The Balaban J connectivity index is 1.17. The standard InChI is InChI=1S/C28H36Cl2N4O5/c29-22-4-3-5-24(28(22)30)34-13-11-33(12-14-34)10-1-2-15-39-20-6-7-21-19(16-26(36)32-23(21)17-20)18-31-25(35)8-9-27(37)38/h3-7,17,19,26,32,36H,1-2,8-16,18H2,(H,31,35)(H,37,38). The molecular formula is C28H36Cl2N4O5. The Kier molecular flexibility index (Phi) is 10.6. The van der Waals surface area contributed by atoms with Gasteiger partial charge in [-0.15, -0.1) is 0 Å². The number of anilines is 2. The van der Waals surface area contributed by atoms with Crippen molar-refractivity contribution >= 4 is 46.5 Å². The van der Waals surface area contributed by atoms with Crippen molar-refractivity contribution < 1.29 is 24.5 Å². The highest BCUT2D eigenvalue weighted by Gasteiger charge is 2.26. The molecule has 39 heavy (non-hydrogen) atoms. The Bertz CT molecular complexity index is 1140. The SMILES string of the molecule is O=C(O)CCC(=O)NCC1CC(O)Nc2cc(OCCCCN3CCN(c4cccc(Cl)c4Cl)CC3)ccc21. The number of unbranched alkanes of at least 4 members (excludes halogenated alkanes) is 1. The van der Waals surface area contributed by atoms with Crippen LogP contribution >= 0.6 is 23.2 Å². The first kappa shape index (κ1) is 29.3. The fourth-order valence-electron chi connectivity index (χ4n) is 5.06. The Morgan fingerprint density at radius 1 is 1.08 bits per heavy atom. The minimum atomic E-state index is -1.00. The number of hydrogen-bond donors (Lipinski definition) is 4. The molecule has 0 radical (unpaired) electrons. The Labute approximate surface area is 239 Å². The van der Waals surface area contributed by atoms with Crippen LogP contribution in [0.25, 0.3) is 0 Å². The molecule has 0 saturated carbocycles. The number of aliphatic hydroxyl groups is 1. The Morgan fingerprint density at radius 3 is 2.64 bits per heavy atom. The third kappa shape index (κ3) is 8.38. The van der Waals surface area contributed by atoms with Gasteiger partial charge in [-0.2, -0.15) is 0 Å². The van der Waals surface area contributed by atoms with E-state index < -0.39 is 12.2 Å². The van der Waals surface area contributed by atoms with Gasteiger partial charge in [-0.25, -0.2) is 0 Å². The monoisotopic (exact) mass is 578 g/mol. The molecule has 11 heteroatoms. The molecule has 2 aliphatic heterocycles. The molecule has 9 nitrogen and oxygen atoms in total. The van der Waals surface area contributed by atoms with Crippen molar-refractivity contribution in [1.29, 1.82) is 0 Å². The second-order valence-corrected chi connectivity index (χ2v) is 10.8. The lowest BCUT2D eigenvalue weighted by atomic mass is 9.89. The van der Waals surface area contributed by atoms with Crippen molar-refractivity contribution in [2.24, 2.45) is 0 Å². The molecule has 1 fully saturated rings. The van der Waals surface area contributed by atoms with Crippen molar-refractivity contribution in [3.05, 3.63) is 52.0 Å². The van der Waals surface area contributed by atoms with E-state index in [1.165, 1.54) is 0 Å². The number of benzene rings is 2. The van der Waals surface area contributed by atoms with Crippen LogP contribution < -0.4 is 20.3 Å². The maximum Gasteiger partial charge on any atom is 0.303 e. The fourth-order valence-corrected chi connectivity index (χ4v) is 5.47. The van der Waals surface area contributed by atoms with Gasteiger partial charge >= 0.3 is 5.97 Å². The molecule has 2 aromatic carbocycles. The number of ether oxygens (including phenoxy) is 1. The van der Waals surface area contributed by atoms with Crippen LogP contribution in [0.1, 0.15) is 43.6 Å². The molecule has 1 saturated heterocycles. The van der Waals surface area contributed by atoms with E-state index in [-0.39, 0.29) is 24.7 Å². The molecule has 2 atom stereocenters. The maximum absolute atomic E-state index is 11.9. The number of carboxylic acid groups (broad SMARTS) is 1. The first-order chi connectivity index (χ1) is 18.8. The summed E-state index contributed by atoms with van der Waals surface area (Å²) in [5.74, 6) is -0.654. The molecule has 0 aromatic heterocycles. The zero-order valence-corrected chi connectivity index (χ0v) is 23.4. The minimum absolute atomic E-state index is 0.0589. The summed E-state index contributed by atoms with van der Waals surface area (Å²) in [5, 5.41) is 26.1. The van der Waals surface area contributed by atoms with Crippen LogP contribution in [0.4, 0.5) is 11.4 Å². The van der Waals surface area contributed by atoms with E-state index in [1.54, 1.807) is 0 Å². The summed E-state index contributed by atoms with van der Waals surface area (Å²) in [6.07, 6.45) is 1.42. The molecule has 2 aromatic rings. The van der Waals surface area contributed by atoms with Gasteiger partial charge in [0.15, 0.2) is 0 Å². The highest BCUT2D eigenvalue weighted by Crippen LogP contribution is 2.36. The van der Waals surface area contributed by atoms with E-state index >= 15 is 0 Å². The van der Waals surface area contributed by atoms with E-state index in [9.17, 15) is 14.7 Å². The molecule has 0 bridgehead atoms. The average molecular weight is 580 g/mol. The molecular weight excluding hydrogens is 543 g/mol. The molecule has 0 spiro atoms. The normalized spacial score (nSPS) is 19.2. The number of nitrogens with one attached hydrogen (secondary N) is 2. The number of halogens is 2. The lowest BCUT2D eigenvalue weighted by Crippen LogP contribution is -2.46. The van der Waals surface area contributed by atoms with Gasteiger partial charge in [0, 0.05) is 63.2 Å². The number of fused-ring (bicyclic) bond motifs is 1. The van der Waals surface area contributed by atoms with Gasteiger partial charge in [-0.1, -0.05) is 35.3 Å². The van der Waals surface area contributed by atoms with Gasteiger partial charge in [0.2, 0.25) is 5.91 Å². The molecule has 4 rings (SSSR count). The summed E-state index contributed by atoms with van der Waals surface area (Å²) in [5.41, 5.74) is 2.77. The Hall–Kier alpha value is -2.72. The average Bonchev–Trinajstić information content (AvgIpc) is 2.92. The number of piperazine rings is 1. The number of nitrogens with zero attached hydrogens (tertiary/aromatic N) is 2. The molecule has 2 aliphatic rings. The van der Waals surface area contributed by atoms with E-state index in [4.69, 9.17) is 33.0 Å². The van der Waals surface area contributed by atoms with Crippen molar-refractivity contribution in [3.63, 3.8) is 0 Å². The largest absolute Gasteiger partial charge is 0.494 e. The zero-order valence-electron chi connectivity index (χ0n) is 21.9. The van der Waals surface area contributed by atoms with E-state index in [2.05, 4.69) is 20.4 Å². The quantitative estimate of drug-likeness (QED) is 0.277. The van der Waals surface area contributed by atoms with Crippen LogP contribution in [0.2, 0.25) is 10.0 Å². The summed E-state index contributed by atoms with van der Waals surface area (Å²) < 4.78 is 5.98. The van der Waals surface area contributed by atoms with Crippen LogP contribution in [0.15, 0.2) is 36.4 Å². The number of hydrogen-bond acceptors (Lipinski definition) is 7. The maximum atomic E-state index is 11.9. The predicted molar refractivity (Wildman–Crippen MR) is 153 cm³/mol. The second kappa shape index (κ2) is 14.1. The van der Waals surface area contributed by atoms with Crippen molar-refractivity contribution in [2.75, 3.05) is 56.1 Å². The van der Waals surface area contributed by atoms with Gasteiger partial charge < -0.3 is 30.5 Å². The van der Waals surface area contributed by atoms with Gasteiger partial charge in [-0.3, -0.25) is 14.5 Å². The predicted octanol–water partition coefficient (Wildman–Crippen LogP) is 4.17. The molecule has 2 unspecified atom stereocenters. The van der Waals surface area contributed by atoms with E-state index in [0.29, 0.717) is 29.6 Å². The smallest absolute Gasteiger partial charge is 0.303 e. The third-order valence-corrected chi connectivity index (χ3v) is 8.00. The van der Waals surface area contributed by atoms with Crippen LogP contribution in [0, 0.1) is 0 Å². The molecule has 0 aliphatic carbocycles. The first-order valence-corrected chi connectivity index (χ1v) is 14.2. The van der Waals surface area contributed by atoms with Crippen LogP contribution in [0.5, 0.6) is 5.75 Å². The zero-order chi connectivity index (χ0) is 27.8.